The zero-order valence-electron chi connectivity index (χ0n) is 8.60. The molecule has 8 heteroatoms. The van der Waals surface area contributed by atoms with Crippen LogP contribution in [0.4, 0.5) is 10.7 Å². The summed E-state index contributed by atoms with van der Waals surface area (Å²) < 4.78 is 0. The Labute approximate surface area is 95.2 Å². The second-order valence-electron chi connectivity index (χ2n) is 2.99. The molecule has 8 nitrogen and oxygen atoms in total. The highest BCUT2D eigenvalue weighted by Crippen LogP contribution is 2.09. The number of imide groups is 1. The molecule has 2 aromatic heterocycles. The van der Waals surface area contributed by atoms with E-state index in [4.69, 9.17) is 0 Å². The van der Waals surface area contributed by atoms with Gasteiger partial charge in [-0.1, -0.05) is 6.58 Å². The molecule has 0 aliphatic rings. The zero-order chi connectivity index (χ0) is 12.3. The molecule has 0 bridgehead atoms. The van der Waals surface area contributed by atoms with Crippen LogP contribution in [0.3, 0.4) is 0 Å². The fourth-order valence-corrected chi connectivity index (χ4v) is 1.12. The molecule has 0 saturated heterocycles. The van der Waals surface area contributed by atoms with Crippen molar-refractivity contribution in [1.29, 1.82) is 0 Å². The molecule has 2 rings (SSSR count). The highest BCUT2D eigenvalue weighted by Gasteiger charge is 2.08. The number of aromatic amines is 1. The van der Waals surface area contributed by atoms with Crippen LogP contribution in [0.15, 0.2) is 25.2 Å². The Balaban J connectivity index is 2.10. The standard InChI is InChI=1S/C9H8N6O2/c1-2-6(16)13-9(17)15-8-12-5-3-10-4-11-7(5)14-8/h2-4H,1H2,(H3,10,11,12,13,14,15,16,17). The van der Waals surface area contributed by atoms with E-state index in [1.54, 1.807) is 0 Å². The number of fused-ring (bicyclic) bond motifs is 1. The minimum absolute atomic E-state index is 0.176. The number of carbonyl (C=O) groups is 2. The van der Waals surface area contributed by atoms with Gasteiger partial charge in [0.2, 0.25) is 5.95 Å². The van der Waals surface area contributed by atoms with Crippen LogP contribution in [0.25, 0.3) is 11.2 Å². The third-order valence-electron chi connectivity index (χ3n) is 1.82. The number of nitrogens with one attached hydrogen (secondary N) is 3. The maximum atomic E-state index is 11.3. The number of aromatic nitrogens is 4. The SMILES string of the molecule is C=CC(=O)NC(=O)Nc1nc2cncnc2[nH]1. The zero-order valence-corrected chi connectivity index (χ0v) is 8.60. The lowest BCUT2D eigenvalue weighted by atomic mass is 10.6. The van der Waals surface area contributed by atoms with Crippen LogP contribution in [-0.2, 0) is 4.79 Å². The Bertz CT molecular complexity index is 557. The monoisotopic (exact) mass is 232 g/mol. The van der Waals surface area contributed by atoms with Crippen molar-refractivity contribution in [2.75, 3.05) is 5.32 Å². The van der Waals surface area contributed by atoms with Crippen molar-refractivity contribution >= 4 is 29.1 Å². The highest BCUT2D eigenvalue weighted by atomic mass is 16.2. The molecular formula is C9H8N6O2. The second-order valence-corrected chi connectivity index (χ2v) is 2.99. The van der Waals surface area contributed by atoms with E-state index in [1.807, 2.05) is 5.32 Å². The molecule has 3 N–H and O–H groups in total. The van der Waals surface area contributed by atoms with Crippen molar-refractivity contribution in [3.8, 4) is 0 Å². The van der Waals surface area contributed by atoms with Crippen LogP contribution in [0.1, 0.15) is 0 Å². The average Bonchev–Trinajstić information content (AvgIpc) is 2.70. The van der Waals surface area contributed by atoms with Gasteiger partial charge in [0.05, 0.1) is 6.20 Å². The number of hydrogen-bond donors (Lipinski definition) is 3. The Kier molecular flexibility index (Phi) is 2.77. The number of hydrogen-bond acceptors (Lipinski definition) is 5. The van der Waals surface area contributed by atoms with E-state index in [0.717, 1.165) is 6.08 Å². The van der Waals surface area contributed by atoms with Crippen molar-refractivity contribution < 1.29 is 9.59 Å². The quantitative estimate of drug-likeness (QED) is 0.639. The average molecular weight is 232 g/mol. The van der Waals surface area contributed by atoms with Gasteiger partial charge in [0.25, 0.3) is 5.91 Å². The lowest BCUT2D eigenvalue weighted by Crippen LogP contribution is -2.33. The number of amides is 3. The smallest absolute Gasteiger partial charge is 0.308 e. The molecule has 2 aromatic rings. The molecule has 3 amide bonds. The number of urea groups is 1. The predicted molar refractivity (Wildman–Crippen MR) is 59.0 cm³/mol. The van der Waals surface area contributed by atoms with Gasteiger partial charge in [-0.2, -0.15) is 0 Å². The first-order valence-electron chi connectivity index (χ1n) is 4.59. The van der Waals surface area contributed by atoms with Crippen LogP contribution in [0.5, 0.6) is 0 Å². The molecule has 0 aromatic carbocycles. The summed E-state index contributed by atoms with van der Waals surface area (Å²) in [5.74, 6) is -0.423. The Morgan fingerprint density at radius 3 is 3.00 bits per heavy atom. The van der Waals surface area contributed by atoms with E-state index in [9.17, 15) is 9.59 Å². The largest absolute Gasteiger partial charge is 0.328 e. The van der Waals surface area contributed by atoms with E-state index < -0.39 is 11.9 Å². The van der Waals surface area contributed by atoms with Gasteiger partial charge < -0.3 is 4.98 Å². The number of imidazole rings is 1. The van der Waals surface area contributed by atoms with Gasteiger partial charge in [0.1, 0.15) is 11.8 Å². The first kappa shape index (κ1) is 10.7. The normalized spacial score (nSPS) is 9.88. The lowest BCUT2D eigenvalue weighted by Gasteiger charge is -2.00. The predicted octanol–water partition coefficient (Wildman–Crippen LogP) is 0.187. The van der Waals surface area contributed by atoms with Crippen LogP contribution >= 0.6 is 0 Å². The van der Waals surface area contributed by atoms with E-state index >= 15 is 0 Å². The number of rotatable bonds is 2. The maximum absolute atomic E-state index is 11.3. The number of nitrogens with zero attached hydrogens (tertiary/aromatic N) is 3. The number of H-pyrrole nitrogens is 1. The molecule has 0 saturated carbocycles. The molecule has 17 heavy (non-hydrogen) atoms. The fraction of sp³-hybridized carbons (Fsp3) is 0. The third-order valence-corrected chi connectivity index (χ3v) is 1.82. The summed E-state index contributed by atoms with van der Waals surface area (Å²) >= 11 is 0. The summed E-state index contributed by atoms with van der Waals surface area (Å²) in [7, 11) is 0. The molecule has 0 unspecified atom stereocenters. The van der Waals surface area contributed by atoms with Crippen molar-refractivity contribution in [2.24, 2.45) is 0 Å². The Morgan fingerprint density at radius 1 is 1.47 bits per heavy atom. The molecule has 2 heterocycles. The first-order valence-corrected chi connectivity index (χ1v) is 4.59. The molecule has 0 radical (unpaired) electrons. The van der Waals surface area contributed by atoms with Crippen molar-refractivity contribution in [2.45, 2.75) is 0 Å². The molecular weight excluding hydrogens is 224 g/mol. The molecule has 86 valence electrons. The maximum Gasteiger partial charge on any atom is 0.328 e. The Morgan fingerprint density at radius 2 is 2.29 bits per heavy atom. The van der Waals surface area contributed by atoms with Crippen LogP contribution in [0, 0.1) is 0 Å². The second kappa shape index (κ2) is 4.39. The van der Waals surface area contributed by atoms with Crippen molar-refractivity contribution in [3.63, 3.8) is 0 Å². The Hall–Kier alpha value is -2.77. The van der Waals surface area contributed by atoms with Crippen molar-refractivity contribution in [1.82, 2.24) is 25.3 Å². The summed E-state index contributed by atoms with van der Waals surface area (Å²) in [6, 6.07) is -0.707. The molecule has 0 aliphatic heterocycles. The minimum Gasteiger partial charge on any atom is -0.308 e. The van der Waals surface area contributed by atoms with Crippen LogP contribution in [-0.4, -0.2) is 31.9 Å². The molecule has 0 fully saturated rings. The fourth-order valence-electron chi connectivity index (χ4n) is 1.12. The van der Waals surface area contributed by atoms with E-state index in [2.05, 4.69) is 31.8 Å². The lowest BCUT2D eigenvalue weighted by molar-refractivity contribution is -0.115. The summed E-state index contributed by atoms with van der Waals surface area (Å²) in [6.45, 7) is 3.22. The van der Waals surface area contributed by atoms with Crippen LogP contribution < -0.4 is 10.6 Å². The van der Waals surface area contributed by atoms with E-state index in [-0.39, 0.29) is 5.95 Å². The first-order chi connectivity index (χ1) is 8.19. The van der Waals surface area contributed by atoms with Gasteiger partial charge in [-0.3, -0.25) is 15.4 Å². The summed E-state index contributed by atoms with van der Waals surface area (Å²) in [5.41, 5.74) is 1.00. The highest BCUT2D eigenvalue weighted by molar-refractivity contribution is 6.04. The van der Waals surface area contributed by atoms with E-state index in [1.165, 1.54) is 12.5 Å². The van der Waals surface area contributed by atoms with E-state index in [0.29, 0.717) is 11.2 Å². The van der Waals surface area contributed by atoms with Gasteiger partial charge in [-0.05, 0) is 6.08 Å². The number of carbonyl (C=O) groups excluding carboxylic acids is 2. The van der Waals surface area contributed by atoms with Gasteiger partial charge in [0, 0.05) is 0 Å². The van der Waals surface area contributed by atoms with Crippen molar-refractivity contribution in [3.05, 3.63) is 25.2 Å². The summed E-state index contributed by atoms with van der Waals surface area (Å²) in [4.78, 5) is 36.5. The number of anilines is 1. The minimum atomic E-state index is -0.707. The molecule has 0 atom stereocenters. The summed E-state index contributed by atoms with van der Waals surface area (Å²) in [6.07, 6.45) is 3.84. The molecule has 0 aliphatic carbocycles. The summed E-state index contributed by atoms with van der Waals surface area (Å²) in [5, 5.41) is 4.36. The van der Waals surface area contributed by atoms with Gasteiger partial charge in [-0.15, -0.1) is 0 Å². The van der Waals surface area contributed by atoms with Gasteiger partial charge in [-0.25, -0.2) is 19.7 Å². The third kappa shape index (κ3) is 2.43. The van der Waals surface area contributed by atoms with Gasteiger partial charge in [0.15, 0.2) is 5.65 Å². The topological polar surface area (TPSA) is 113 Å². The molecule has 0 spiro atoms. The van der Waals surface area contributed by atoms with Gasteiger partial charge >= 0.3 is 6.03 Å². The van der Waals surface area contributed by atoms with Crippen LogP contribution in [0.2, 0.25) is 0 Å².